The number of rotatable bonds is 4. The Bertz CT molecular complexity index is 606. The van der Waals surface area contributed by atoms with Gasteiger partial charge < -0.3 is 4.74 Å². The molecule has 4 heteroatoms. The minimum atomic E-state index is -0.367. The fraction of sp³-hybridized carbons (Fsp3) is 0.125. The zero-order valence-electron chi connectivity index (χ0n) is 11.0. The molecule has 0 N–H and O–H groups in total. The predicted octanol–water partition coefficient (Wildman–Crippen LogP) is 3.95. The molecule has 0 atom stereocenters. The summed E-state index contributed by atoms with van der Waals surface area (Å²) >= 11 is 3.39. The van der Waals surface area contributed by atoms with E-state index in [1.54, 1.807) is 25.3 Å². The van der Waals surface area contributed by atoms with E-state index in [9.17, 15) is 4.79 Å². The Hall–Kier alpha value is -1.94. The van der Waals surface area contributed by atoms with Crippen molar-refractivity contribution in [3.63, 3.8) is 0 Å². The molecule has 0 unspecified atom stereocenters. The van der Waals surface area contributed by atoms with Crippen LogP contribution >= 0.6 is 15.9 Å². The number of hydrogen-bond donors (Lipinski definition) is 0. The van der Waals surface area contributed by atoms with Crippen LogP contribution in [0.5, 0.6) is 0 Å². The lowest BCUT2D eigenvalue weighted by Crippen LogP contribution is -2.07. The standard InChI is InChI=1S/C16H14BrNO2/c1-2-20-16(19)14(15-5-3-4-10-18-15)11-12-6-8-13(17)9-7-12/h3-11H,2H2,1H3. The molecule has 2 rings (SSSR count). The summed E-state index contributed by atoms with van der Waals surface area (Å²) in [7, 11) is 0. The number of benzene rings is 1. The maximum absolute atomic E-state index is 12.1. The van der Waals surface area contributed by atoms with E-state index in [0.29, 0.717) is 17.9 Å². The van der Waals surface area contributed by atoms with Crippen molar-refractivity contribution >= 4 is 33.5 Å². The number of carbonyl (C=O) groups is 1. The van der Waals surface area contributed by atoms with E-state index in [1.165, 1.54) is 0 Å². The molecule has 20 heavy (non-hydrogen) atoms. The fourth-order valence-corrected chi connectivity index (χ4v) is 1.96. The van der Waals surface area contributed by atoms with E-state index in [1.807, 2.05) is 36.4 Å². The summed E-state index contributed by atoms with van der Waals surface area (Å²) in [6.07, 6.45) is 3.44. The second kappa shape index (κ2) is 7.01. The number of nitrogens with zero attached hydrogens (tertiary/aromatic N) is 1. The summed E-state index contributed by atoms with van der Waals surface area (Å²) in [5, 5.41) is 0. The van der Waals surface area contributed by atoms with Gasteiger partial charge in [-0.25, -0.2) is 4.79 Å². The second-order valence-corrected chi connectivity index (χ2v) is 4.96. The molecule has 0 amide bonds. The summed E-state index contributed by atoms with van der Waals surface area (Å²) in [6, 6.07) is 13.1. The SMILES string of the molecule is CCOC(=O)C(=Cc1ccc(Br)cc1)c1ccccn1. The molecule has 0 bridgehead atoms. The van der Waals surface area contributed by atoms with Crippen molar-refractivity contribution in [2.24, 2.45) is 0 Å². The summed E-state index contributed by atoms with van der Waals surface area (Å²) in [5.74, 6) is -0.367. The maximum Gasteiger partial charge on any atom is 0.340 e. The molecule has 0 saturated carbocycles. The molecule has 0 saturated heterocycles. The molecule has 0 fully saturated rings. The number of esters is 1. The van der Waals surface area contributed by atoms with Gasteiger partial charge in [0.1, 0.15) is 0 Å². The molecule has 1 heterocycles. The summed E-state index contributed by atoms with van der Waals surface area (Å²) in [5.41, 5.74) is 1.98. The largest absolute Gasteiger partial charge is 0.462 e. The third-order valence-electron chi connectivity index (χ3n) is 2.62. The first-order chi connectivity index (χ1) is 9.70. The first kappa shape index (κ1) is 14.5. The predicted molar refractivity (Wildman–Crippen MR) is 82.9 cm³/mol. The maximum atomic E-state index is 12.1. The Morgan fingerprint density at radius 1 is 1.25 bits per heavy atom. The fourth-order valence-electron chi connectivity index (χ4n) is 1.69. The van der Waals surface area contributed by atoms with Gasteiger partial charge in [0.2, 0.25) is 0 Å². The number of hydrogen-bond acceptors (Lipinski definition) is 3. The number of aromatic nitrogens is 1. The third-order valence-corrected chi connectivity index (χ3v) is 3.15. The van der Waals surface area contributed by atoms with E-state index in [-0.39, 0.29) is 5.97 Å². The zero-order valence-corrected chi connectivity index (χ0v) is 12.6. The van der Waals surface area contributed by atoms with Crippen LogP contribution in [0.3, 0.4) is 0 Å². The van der Waals surface area contributed by atoms with E-state index in [4.69, 9.17) is 4.74 Å². The lowest BCUT2D eigenvalue weighted by atomic mass is 10.1. The molecule has 1 aromatic heterocycles. The highest BCUT2D eigenvalue weighted by Crippen LogP contribution is 2.19. The van der Waals surface area contributed by atoms with Crippen LogP contribution in [-0.2, 0) is 9.53 Å². The lowest BCUT2D eigenvalue weighted by molar-refractivity contribution is -0.136. The summed E-state index contributed by atoms with van der Waals surface area (Å²) in [6.45, 7) is 2.12. The van der Waals surface area contributed by atoms with Crippen molar-refractivity contribution in [1.82, 2.24) is 4.98 Å². The Kier molecular flexibility index (Phi) is 5.07. The molecular weight excluding hydrogens is 318 g/mol. The second-order valence-electron chi connectivity index (χ2n) is 4.05. The van der Waals surface area contributed by atoms with Crippen molar-refractivity contribution in [2.75, 3.05) is 6.61 Å². The van der Waals surface area contributed by atoms with Gasteiger partial charge >= 0.3 is 5.97 Å². The average molecular weight is 332 g/mol. The number of carbonyl (C=O) groups excluding carboxylic acids is 1. The molecule has 1 aromatic carbocycles. The van der Waals surface area contributed by atoms with Gasteiger partial charge in [-0.2, -0.15) is 0 Å². The molecule has 2 aromatic rings. The molecule has 0 aliphatic carbocycles. The van der Waals surface area contributed by atoms with Crippen LogP contribution in [0.4, 0.5) is 0 Å². The van der Waals surface area contributed by atoms with Crippen LogP contribution in [0.15, 0.2) is 53.1 Å². The number of ether oxygens (including phenoxy) is 1. The first-order valence-corrected chi connectivity index (χ1v) is 7.06. The minimum Gasteiger partial charge on any atom is -0.462 e. The van der Waals surface area contributed by atoms with Crippen LogP contribution in [-0.4, -0.2) is 17.6 Å². The van der Waals surface area contributed by atoms with Crippen molar-refractivity contribution in [2.45, 2.75) is 6.92 Å². The average Bonchev–Trinajstić information content (AvgIpc) is 2.48. The summed E-state index contributed by atoms with van der Waals surface area (Å²) < 4.78 is 6.09. The van der Waals surface area contributed by atoms with Gasteiger partial charge in [0, 0.05) is 10.7 Å². The lowest BCUT2D eigenvalue weighted by Gasteiger charge is -2.06. The van der Waals surface area contributed by atoms with Crippen LogP contribution in [0.1, 0.15) is 18.2 Å². The smallest absolute Gasteiger partial charge is 0.340 e. The third kappa shape index (κ3) is 3.78. The minimum absolute atomic E-state index is 0.337. The highest BCUT2D eigenvalue weighted by atomic mass is 79.9. The molecule has 102 valence electrons. The van der Waals surface area contributed by atoms with E-state index >= 15 is 0 Å². The first-order valence-electron chi connectivity index (χ1n) is 6.26. The van der Waals surface area contributed by atoms with Crippen molar-refractivity contribution < 1.29 is 9.53 Å². The van der Waals surface area contributed by atoms with Gasteiger partial charge in [0.25, 0.3) is 0 Å². The van der Waals surface area contributed by atoms with Crippen LogP contribution < -0.4 is 0 Å². The Labute approximate surface area is 126 Å². The Morgan fingerprint density at radius 3 is 2.60 bits per heavy atom. The van der Waals surface area contributed by atoms with Crippen LogP contribution in [0, 0.1) is 0 Å². The molecule has 0 radical (unpaired) electrons. The van der Waals surface area contributed by atoms with Gasteiger partial charge in [-0.1, -0.05) is 34.1 Å². The molecule has 3 nitrogen and oxygen atoms in total. The van der Waals surface area contributed by atoms with Crippen molar-refractivity contribution in [1.29, 1.82) is 0 Å². The van der Waals surface area contributed by atoms with Gasteiger partial charge in [-0.15, -0.1) is 0 Å². The van der Waals surface area contributed by atoms with Crippen LogP contribution in [0.25, 0.3) is 11.6 Å². The molecule has 0 spiro atoms. The van der Waals surface area contributed by atoms with Gasteiger partial charge in [0.05, 0.1) is 17.9 Å². The number of halogens is 1. The molecule has 0 aliphatic rings. The topological polar surface area (TPSA) is 39.2 Å². The Morgan fingerprint density at radius 2 is 2.00 bits per heavy atom. The Balaban J connectivity index is 2.41. The van der Waals surface area contributed by atoms with E-state index in [0.717, 1.165) is 10.0 Å². The number of pyridine rings is 1. The van der Waals surface area contributed by atoms with Crippen molar-refractivity contribution in [3.8, 4) is 0 Å². The van der Waals surface area contributed by atoms with Crippen LogP contribution in [0.2, 0.25) is 0 Å². The highest BCUT2D eigenvalue weighted by Gasteiger charge is 2.14. The van der Waals surface area contributed by atoms with E-state index in [2.05, 4.69) is 20.9 Å². The monoisotopic (exact) mass is 331 g/mol. The van der Waals surface area contributed by atoms with Crippen molar-refractivity contribution in [3.05, 3.63) is 64.4 Å². The summed E-state index contributed by atoms with van der Waals surface area (Å²) in [4.78, 5) is 16.3. The molecule has 0 aliphatic heterocycles. The quantitative estimate of drug-likeness (QED) is 0.629. The van der Waals surface area contributed by atoms with Gasteiger partial charge in [-0.05, 0) is 42.8 Å². The molecular formula is C16H14BrNO2. The van der Waals surface area contributed by atoms with E-state index < -0.39 is 0 Å². The zero-order chi connectivity index (χ0) is 14.4. The highest BCUT2D eigenvalue weighted by molar-refractivity contribution is 9.10. The normalized spacial score (nSPS) is 11.2. The van der Waals surface area contributed by atoms with Gasteiger partial charge in [-0.3, -0.25) is 4.98 Å². The van der Waals surface area contributed by atoms with Gasteiger partial charge in [0.15, 0.2) is 0 Å².